The number of benzene rings is 2. The Morgan fingerprint density at radius 2 is 1.65 bits per heavy atom. The van der Waals surface area contributed by atoms with Gasteiger partial charge in [-0.2, -0.15) is 0 Å². The molecular weight excluding hydrogens is 298 g/mol. The summed E-state index contributed by atoms with van der Waals surface area (Å²) in [7, 11) is 1.52. The zero-order chi connectivity index (χ0) is 16.8. The van der Waals surface area contributed by atoms with Crippen LogP contribution < -0.4 is 14.8 Å². The van der Waals surface area contributed by atoms with Gasteiger partial charge in [-0.05, 0) is 43.3 Å². The Labute approximate surface area is 133 Å². The number of amides is 1. The summed E-state index contributed by atoms with van der Waals surface area (Å²) in [6.45, 7) is 1.62. The van der Waals surface area contributed by atoms with Gasteiger partial charge in [0.15, 0.2) is 17.6 Å². The van der Waals surface area contributed by atoms with E-state index in [1.54, 1.807) is 31.2 Å². The van der Waals surface area contributed by atoms with E-state index in [0.29, 0.717) is 17.2 Å². The molecule has 0 bridgehead atoms. The highest BCUT2D eigenvalue weighted by Crippen LogP contribution is 2.27. The minimum absolute atomic E-state index is 0.154. The van der Waals surface area contributed by atoms with Gasteiger partial charge in [-0.15, -0.1) is 0 Å². The first-order valence-corrected chi connectivity index (χ1v) is 6.95. The summed E-state index contributed by atoms with van der Waals surface area (Å²) in [6.07, 6.45) is -0.745. The van der Waals surface area contributed by atoms with Crippen LogP contribution in [0.15, 0.2) is 48.5 Å². The third-order valence-corrected chi connectivity index (χ3v) is 3.14. The van der Waals surface area contributed by atoms with Gasteiger partial charge in [-0.3, -0.25) is 4.79 Å². The summed E-state index contributed by atoms with van der Waals surface area (Å²) < 4.78 is 10.8. The lowest BCUT2D eigenvalue weighted by atomic mass is 10.2. The van der Waals surface area contributed by atoms with Crippen molar-refractivity contribution in [2.45, 2.75) is 13.0 Å². The monoisotopic (exact) mass is 315 g/mol. The van der Waals surface area contributed by atoms with Gasteiger partial charge < -0.3 is 19.9 Å². The Morgan fingerprint density at radius 3 is 2.22 bits per heavy atom. The van der Waals surface area contributed by atoms with Crippen molar-refractivity contribution in [1.82, 2.24) is 0 Å². The van der Waals surface area contributed by atoms with Crippen LogP contribution in [0.1, 0.15) is 17.3 Å². The molecule has 23 heavy (non-hydrogen) atoms. The lowest BCUT2D eigenvalue weighted by Crippen LogP contribution is -2.30. The first-order chi connectivity index (χ1) is 11.0. The summed E-state index contributed by atoms with van der Waals surface area (Å²) in [4.78, 5) is 22.9. The van der Waals surface area contributed by atoms with Crippen molar-refractivity contribution >= 4 is 17.6 Å². The van der Waals surface area contributed by atoms with E-state index in [0.717, 1.165) is 0 Å². The molecule has 0 fully saturated rings. The smallest absolute Gasteiger partial charge is 0.335 e. The Hall–Kier alpha value is -3.02. The summed E-state index contributed by atoms with van der Waals surface area (Å²) >= 11 is 0. The highest BCUT2D eigenvalue weighted by Gasteiger charge is 2.17. The predicted octanol–water partition coefficient (Wildman–Crippen LogP) is 2.80. The molecule has 0 aliphatic rings. The lowest BCUT2D eigenvalue weighted by Gasteiger charge is -2.16. The maximum atomic E-state index is 12.1. The fourth-order valence-electron chi connectivity index (χ4n) is 1.90. The maximum Gasteiger partial charge on any atom is 0.335 e. The largest absolute Gasteiger partial charge is 0.493 e. The quantitative estimate of drug-likeness (QED) is 0.856. The van der Waals surface area contributed by atoms with Crippen LogP contribution in [-0.4, -0.2) is 30.2 Å². The van der Waals surface area contributed by atoms with E-state index < -0.39 is 12.1 Å². The predicted molar refractivity (Wildman–Crippen MR) is 85.1 cm³/mol. The van der Waals surface area contributed by atoms with Crippen LogP contribution in [0.4, 0.5) is 5.69 Å². The van der Waals surface area contributed by atoms with Crippen LogP contribution in [0.2, 0.25) is 0 Å². The van der Waals surface area contributed by atoms with Crippen LogP contribution in [0.3, 0.4) is 0 Å². The second kappa shape index (κ2) is 7.31. The molecule has 1 amide bonds. The highest BCUT2D eigenvalue weighted by atomic mass is 16.5. The van der Waals surface area contributed by atoms with Crippen LogP contribution in [0.25, 0.3) is 0 Å². The molecule has 6 nitrogen and oxygen atoms in total. The summed E-state index contributed by atoms with van der Waals surface area (Å²) in [5.41, 5.74) is 0.650. The van der Waals surface area contributed by atoms with Crippen molar-refractivity contribution in [2.24, 2.45) is 0 Å². The Morgan fingerprint density at radius 1 is 1.04 bits per heavy atom. The van der Waals surface area contributed by atoms with Crippen LogP contribution >= 0.6 is 0 Å². The topological polar surface area (TPSA) is 84.9 Å². The molecule has 0 aliphatic carbocycles. The lowest BCUT2D eigenvalue weighted by molar-refractivity contribution is -0.122. The minimum Gasteiger partial charge on any atom is -0.493 e. The molecule has 0 aromatic heterocycles. The molecule has 1 atom stereocenters. The fourth-order valence-corrected chi connectivity index (χ4v) is 1.90. The molecule has 0 spiro atoms. The average molecular weight is 315 g/mol. The molecule has 0 heterocycles. The molecule has 2 aromatic carbocycles. The molecule has 0 radical (unpaired) electrons. The molecule has 0 aliphatic heterocycles. The fraction of sp³-hybridized carbons (Fsp3) is 0.176. The normalized spacial score (nSPS) is 11.4. The number of anilines is 1. The number of carboxylic acids is 1. The van der Waals surface area contributed by atoms with Crippen LogP contribution in [-0.2, 0) is 4.79 Å². The highest BCUT2D eigenvalue weighted by molar-refractivity contribution is 5.95. The van der Waals surface area contributed by atoms with E-state index in [9.17, 15) is 9.59 Å². The van der Waals surface area contributed by atoms with Gasteiger partial charge in [-0.25, -0.2) is 4.79 Å². The van der Waals surface area contributed by atoms with Crippen LogP contribution in [0, 0.1) is 0 Å². The van der Waals surface area contributed by atoms with E-state index in [1.165, 1.54) is 31.4 Å². The number of rotatable bonds is 6. The molecule has 6 heteroatoms. The van der Waals surface area contributed by atoms with Gasteiger partial charge in [0.1, 0.15) is 0 Å². The van der Waals surface area contributed by atoms with Crippen LogP contribution in [0.5, 0.6) is 11.5 Å². The van der Waals surface area contributed by atoms with E-state index in [1.807, 2.05) is 0 Å². The molecule has 120 valence electrons. The van der Waals surface area contributed by atoms with Crippen molar-refractivity contribution < 1.29 is 24.2 Å². The number of carbonyl (C=O) groups excluding carboxylic acids is 1. The van der Waals surface area contributed by atoms with E-state index in [4.69, 9.17) is 14.6 Å². The Kier molecular flexibility index (Phi) is 5.19. The van der Waals surface area contributed by atoms with Gasteiger partial charge in [0.2, 0.25) is 0 Å². The average Bonchev–Trinajstić information content (AvgIpc) is 2.55. The number of methoxy groups -OCH3 is 1. The molecule has 1 unspecified atom stereocenters. The number of hydrogen-bond donors (Lipinski definition) is 2. The molecule has 0 saturated heterocycles. The zero-order valence-corrected chi connectivity index (χ0v) is 12.8. The molecular formula is C17H17NO5. The zero-order valence-electron chi connectivity index (χ0n) is 12.8. The number of carbonyl (C=O) groups is 2. The van der Waals surface area contributed by atoms with E-state index >= 15 is 0 Å². The third-order valence-electron chi connectivity index (χ3n) is 3.14. The number of para-hydroxylation sites is 2. The van der Waals surface area contributed by atoms with Gasteiger partial charge in [0.25, 0.3) is 5.91 Å². The molecule has 2 aromatic rings. The van der Waals surface area contributed by atoms with Crippen molar-refractivity contribution in [3.63, 3.8) is 0 Å². The maximum absolute atomic E-state index is 12.1. The third kappa shape index (κ3) is 4.23. The van der Waals surface area contributed by atoms with Crippen molar-refractivity contribution in [3.05, 3.63) is 54.1 Å². The summed E-state index contributed by atoms with van der Waals surface area (Å²) in [5.74, 6) is -0.355. The number of hydrogen-bond acceptors (Lipinski definition) is 4. The van der Waals surface area contributed by atoms with Crippen molar-refractivity contribution in [3.8, 4) is 11.5 Å². The number of carboxylic acid groups (broad SMARTS) is 1. The number of nitrogens with one attached hydrogen (secondary N) is 1. The van der Waals surface area contributed by atoms with E-state index in [2.05, 4.69) is 5.32 Å². The first-order valence-electron chi connectivity index (χ1n) is 6.95. The van der Waals surface area contributed by atoms with Gasteiger partial charge >= 0.3 is 5.97 Å². The Balaban J connectivity index is 2.01. The molecule has 2 N–H and O–H groups in total. The van der Waals surface area contributed by atoms with Gasteiger partial charge in [-0.1, -0.05) is 12.1 Å². The summed E-state index contributed by atoms with van der Waals surface area (Å²) in [5, 5.41) is 11.5. The number of aromatic carboxylic acids is 1. The second-order valence-electron chi connectivity index (χ2n) is 4.78. The summed E-state index contributed by atoms with van der Waals surface area (Å²) in [6, 6.07) is 12.9. The number of ether oxygens (including phenoxy) is 2. The van der Waals surface area contributed by atoms with Gasteiger partial charge in [0, 0.05) is 5.69 Å². The second-order valence-corrected chi connectivity index (χ2v) is 4.78. The van der Waals surface area contributed by atoms with Gasteiger partial charge in [0.05, 0.1) is 12.7 Å². The Bertz CT molecular complexity index is 696. The SMILES string of the molecule is COc1ccccc1OC(C)C(=O)Nc1ccc(C(=O)O)cc1. The molecule has 2 rings (SSSR count). The minimum atomic E-state index is -1.02. The van der Waals surface area contributed by atoms with Crippen molar-refractivity contribution in [2.75, 3.05) is 12.4 Å². The van der Waals surface area contributed by atoms with Crippen molar-refractivity contribution in [1.29, 1.82) is 0 Å². The van der Waals surface area contributed by atoms with E-state index in [-0.39, 0.29) is 11.5 Å². The molecule has 0 saturated carbocycles. The first kappa shape index (κ1) is 16.4. The standard InChI is InChI=1S/C17H17NO5/c1-11(23-15-6-4-3-5-14(15)22-2)16(19)18-13-9-7-12(8-10-13)17(20)21/h3-11H,1-2H3,(H,18,19)(H,20,21).